The first-order chi connectivity index (χ1) is 12.1. The summed E-state index contributed by atoms with van der Waals surface area (Å²) >= 11 is 3.41. The number of likely N-dealkylation sites (tertiary alicyclic amines) is 1. The van der Waals surface area contributed by atoms with Gasteiger partial charge in [0.1, 0.15) is 5.75 Å². The van der Waals surface area contributed by atoms with Crippen LogP contribution >= 0.6 is 15.9 Å². The van der Waals surface area contributed by atoms with E-state index in [4.69, 9.17) is 4.74 Å². The lowest BCUT2D eigenvalue weighted by molar-refractivity contribution is 0.0912. The molecule has 1 aromatic heterocycles. The summed E-state index contributed by atoms with van der Waals surface area (Å²) in [5, 5.41) is 3.10. The number of rotatable bonds is 5. The minimum atomic E-state index is -0.0727. The van der Waals surface area contributed by atoms with Gasteiger partial charge in [-0.15, -0.1) is 0 Å². The zero-order valence-electron chi connectivity index (χ0n) is 14.2. The molecule has 3 rings (SSSR count). The number of aromatic nitrogens is 1. The minimum absolute atomic E-state index is 0.0727. The molecule has 1 N–H and O–H groups in total. The second-order valence-corrected chi connectivity index (χ2v) is 7.04. The molecule has 5 nitrogen and oxygen atoms in total. The number of halogens is 1. The van der Waals surface area contributed by atoms with E-state index < -0.39 is 0 Å². The second-order valence-electron chi connectivity index (χ2n) is 6.13. The molecule has 6 heteroatoms. The topological polar surface area (TPSA) is 54.5 Å². The van der Waals surface area contributed by atoms with Crippen molar-refractivity contribution in [1.29, 1.82) is 0 Å². The number of piperidine rings is 1. The predicted molar refractivity (Wildman–Crippen MR) is 101 cm³/mol. The number of carbonyl (C=O) groups is 1. The van der Waals surface area contributed by atoms with E-state index in [1.807, 2.05) is 24.3 Å². The van der Waals surface area contributed by atoms with Crippen LogP contribution < -0.4 is 10.1 Å². The number of hydrogen-bond acceptors (Lipinski definition) is 4. The van der Waals surface area contributed by atoms with E-state index in [1.165, 1.54) is 0 Å². The van der Waals surface area contributed by atoms with Crippen LogP contribution in [0.5, 0.6) is 11.6 Å². The first kappa shape index (κ1) is 17.9. The van der Waals surface area contributed by atoms with Crippen molar-refractivity contribution < 1.29 is 9.53 Å². The Kier molecular flexibility index (Phi) is 6.04. The highest BCUT2D eigenvalue weighted by Gasteiger charge is 2.20. The molecule has 1 aliphatic rings. The van der Waals surface area contributed by atoms with Crippen molar-refractivity contribution >= 4 is 21.8 Å². The Bertz CT molecular complexity index is 713. The van der Waals surface area contributed by atoms with Crippen molar-refractivity contribution in [1.82, 2.24) is 15.2 Å². The first-order valence-corrected chi connectivity index (χ1v) is 9.36. The molecule has 2 heterocycles. The van der Waals surface area contributed by atoms with Crippen molar-refractivity contribution in [2.45, 2.75) is 25.8 Å². The molecular weight excluding hydrogens is 382 g/mol. The quantitative estimate of drug-likeness (QED) is 0.823. The van der Waals surface area contributed by atoms with Crippen molar-refractivity contribution in [3.05, 3.63) is 52.6 Å². The van der Waals surface area contributed by atoms with E-state index in [1.54, 1.807) is 18.3 Å². The maximum absolute atomic E-state index is 12.4. The summed E-state index contributed by atoms with van der Waals surface area (Å²) in [6, 6.07) is 11.3. The molecule has 0 radical (unpaired) electrons. The van der Waals surface area contributed by atoms with Gasteiger partial charge >= 0.3 is 0 Å². The average molecular weight is 404 g/mol. The van der Waals surface area contributed by atoms with Gasteiger partial charge in [-0.1, -0.05) is 28.9 Å². The van der Waals surface area contributed by atoms with Crippen LogP contribution in [-0.4, -0.2) is 41.5 Å². The summed E-state index contributed by atoms with van der Waals surface area (Å²) in [6.07, 6.45) is 3.55. The third-order valence-electron chi connectivity index (χ3n) is 4.39. The highest BCUT2D eigenvalue weighted by atomic mass is 79.9. The predicted octanol–water partition coefficient (Wildman–Crippen LogP) is 3.85. The van der Waals surface area contributed by atoms with Gasteiger partial charge in [0.05, 0.1) is 5.56 Å². The summed E-state index contributed by atoms with van der Waals surface area (Å²) < 4.78 is 6.63. The molecule has 1 aliphatic heterocycles. The molecule has 0 bridgehead atoms. The van der Waals surface area contributed by atoms with Crippen LogP contribution in [0.1, 0.15) is 30.1 Å². The van der Waals surface area contributed by atoms with Crippen LogP contribution in [0.3, 0.4) is 0 Å². The molecule has 0 aliphatic carbocycles. The number of nitrogens with zero attached hydrogens (tertiary/aromatic N) is 2. The van der Waals surface area contributed by atoms with Crippen LogP contribution in [0, 0.1) is 0 Å². The van der Waals surface area contributed by atoms with Gasteiger partial charge in [0.15, 0.2) is 0 Å². The lowest BCUT2D eigenvalue weighted by Gasteiger charge is -2.31. The first-order valence-electron chi connectivity index (χ1n) is 8.56. The molecule has 2 aromatic rings. The average Bonchev–Trinajstić information content (AvgIpc) is 2.63. The monoisotopic (exact) mass is 403 g/mol. The van der Waals surface area contributed by atoms with Gasteiger partial charge in [0.25, 0.3) is 5.91 Å². The molecule has 25 heavy (non-hydrogen) atoms. The third kappa shape index (κ3) is 5.03. The van der Waals surface area contributed by atoms with Crippen LogP contribution in [0.15, 0.2) is 47.1 Å². The second kappa shape index (κ2) is 8.45. The molecular formula is C19H22BrN3O2. The van der Waals surface area contributed by atoms with Crippen LogP contribution in [0.25, 0.3) is 0 Å². The number of hydrogen-bond donors (Lipinski definition) is 1. The number of amides is 1. The maximum Gasteiger partial charge on any atom is 0.253 e. The molecule has 0 spiro atoms. The fourth-order valence-corrected chi connectivity index (χ4v) is 3.27. The van der Waals surface area contributed by atoms with E-state index in [0.717, 1.165) is 36.9 Å². The highest BCUT2D eigenvalue weighted by molar-refractivity contribution is 9.10. The molecule has 1 fully saturated rings. The van der Waals surface area contributed by atoms with Crippen molar-refractivity contribution in [3.8, 4) is 11.6 Å². The molecule has 0 atom stereocenters. The zero-order valence-corrected chi connectivity index (χ0v) is 15.8. The standard InChI is InChI=1S/C19H22BrN3O2/c1-2-23-10-8-16(9-11-23)22-19(24)14-6-7-18(21-13-14)25-17-5-3-4-15(20)12-17/h3-7,12-13,16H,2,8-11H2,1H3,(H,22,24). The Hall–Kier alpha value is -1.92. The summed E-state index contributed by atoms with van der Waals surface area (Å²) in [5.74, 6) is 1.09. The van der Waals surface area contributed by atoms with E-state index in [2.05, 4.69) is 38.1 Å². The smallest absolute Gasteiger partial charge is 0.253 e. The van der Waals surface area contributed by atoms with Gasteiger partial charge < -0.3 is 15.0 Å². The van der Waals surface area contributed by atoms with Gasteiger partial charge in [-0.2, -0.15) is 0 Å². The number of ether oxygens (including phenoxy) is 1. The van der Waals surface area contributed by atoms with Gasteiger partial charge in [-0.3, -0.25) is 4.79 Å². The van der Waals surface area contributed by atoms with Gasteiger partial charge in [-0.25, -0.2) is 4.98 Å². The maximum atomic E-state index is 12.4. The Morgan fingerprint density at radius 2 is 2.12 bits per heavy atom. The summed E-state index contributed by atoms with van der Waals surface area (Å²) in [4.78, 5) is 19.0. The Morgan fingerprint density at radius 1 is 1.32 bits per heavy atom. The van der Waals surface area contributed by atoms with Crippen molar-refractivity contribution in [3.63, 3.8) is 0 Å². The van der Waals surface area contributed by atoms with Crippen molar-refractivity contribution in [2.24, 2.45) is 0 Å². The van der Waals surface area contributed by atoms with Crippen LogP contribution in [-0.2, 0) is 0 Å². The Balaban J connectivity index is 1.55. The normalized spacial score (nSPS) is 15.8. The lowest BCUT2D eigenvalue weighted by Crippen LogP contribution is -2.44. The minimum Gasteiger partial charge on any atom is -0.439 e. The van der Waals surface area contributed by atoms with Crippen LogP contribution in [0.4, 0.5) is 0 Å². The fraction of sp³-hybridized carbons (Fsp3) is 0.368. The zero-order chi connectivity index (χ0) is 17.6. The fourth-order valence-electron chi connectivity index (χ4n) is 2.89. The van der Waals surface area contributed by atoms with Gasteiger partial charge in [-0.05, 0) is 43.7 Å². The molecule has 132 valence electrons. The molecule has 1 amide bonds. The molecule has 0 unspecified atom stereocenters. The van der Waals surface area contributed by atoms with E-state index >= 15 is 0 Å². The summed E-state index contributed by atoms with van der Waals surface area (Å²) in [5.41, 5.74) is 0.555. The number of pyridine rings is 1. The third-order valence-corrected chi connectivity index (χ3v) is 4.88. The van der Waals surface area contributed by atoms with Crippen LogP contribution in [0.2, 0.25) is 0 Å². The molecule has 1 saturated heterocycles. The largest absolute Gasteiger partial charge is 0.439 e. The lowest BCUT2D eigenvalue weighted by atomic mass is 10.0. The number of carbonyl (C=O) groups excluding carboxylic acids is 1. The highest BCUT2D eigenvalue weighted by Crippen LogP contribution is 2.23. The van der Waals surface area contributed by atoms with Gasteiger partial charge in [0, 0.05) is 35.9 Å². The Labute approximate surface area is 156 Å². The SMILES string of the molecule is CCN1CCC(NC(=O)c2ccc(Oc3cccc(Br)c3)nc2)CC1. The summed E-state index contributed by atoms with van der Waals surface area (Å²) in [6.45, 7) is 5.32. The number of nitrogens with one attached hydrogen (secondary N) is 1. The molecule has 1 aromatic carbocycles. The summed E-state index contributed by atoms with van der Waals surface area (Å²) in [7, 11) is 0. The van der Waals surface area contributed by atoms with E-state index in [9.17, 15) is 4.79 Å². The van der Waals surface area contributed by atoms with E-state index in [-0.39, 0.29) is 11.9 Å². The number of benzene rings is 1. The van der Waals surface area contributed by atoms with Gasteiger partial charge in [0.2, 0.25) is 5.88 Å². The molecule has 0 saturated carbocycles. The van der Waals surface area contributed by atoms with Crippen molar-refractivity contribution in [2.75, 3.05) is 19.6 Å². The van der Waals surface area contributed by atoms with E-state index in [0.29, 0.717) is 17.2 Å². The Morgan fingerprint density at radius 3 is 2.76 bits per heavy atom.